The Balaban J connectivity index is 1.58. The number of carbonyl (C=O) groups is 3. The van der Waals surface area contributed by atoms with E-state index in [0.717, 1.165) is 0 Å². The van der Waals surface area contributed by atoms with Crippen molar-refractivity contribution in [3.63, 3.8) is 0 Å². The van der Waals surface area contributed by atoms with E-state index >= 15 is 0 Å². The Bertz CT molecular complexity index is 1160. The van der Waals surface area contributed by atoms with Crippen LogP contribution in [0.15, 0.2) is 60.9 Å². The maximum atomic E-state index is 12.8. The molecule has 3 N–H and O–H groups in total. The van der Waals surface area contributed by atoms with Gasteiger partial charge in [0.05, 0.1) is 29.6 Å². The van der Waals surface area contributed by atoms with Gasteiger partial charge in [-0.1, -0.05) is 37.6 Å². The molecule has 0 aliphatic rings. The van der Waals surface area contributed by atoms with Crippen molar-refractivity contribution < 1.29 is 19.1 Å². The zero-order valence-electron chi connectivity index (χ0n) is 19.0. The molecule has 178 valence electrons. The van der Waals surface area contributed by atoms with E-state index in [1.54, 1.807) is 61.8 Å². The van der Waals surface area contributed by atoms with Gasteiger partial charge in [0.1, 0.15) is 18.3 Å². The third kappa shape index (κ3) is 6.58. The van der Waals surface area contributed by atoms with E-state index in [1.165, 1.54) is 10.9 Å². The van der Waals surface area contributed by atoms with Crippen LogP contribution in [-0.2, 0) is 16.1 Å². The van der Waals surface area contributed by atoms with Crippen molar-refractivity contribution in [1.29, 1.82) is 0 Å². The average Bonchev–Trinajstić information content (AvgIpc) is 3.24. The summed E-state index contributed by atoms with van der Waals surface area (Å²) in [5.41, 5.74) is 1.32. The minimum Gasteiger partial charge on any atom is -0.497 e. The van der Waals surface area contributed by atoms with Gasteiger partial charge in [-0.15, -0.1) is 0 Å². The third-order valence-corrected chi connectivity index (χ3v) is 5.26. The first-order valence-electron chi connectivity index (χ1n) is 10.6. The number of rotatable bonds is 9. The van der Waals surface area contributed by atoms with Crippen molar-refractivity contribution in [2.75, 3.05) is 17.7 Å². The molecule has 34 heavy (non-hydrogen) atoms. The number of ether oxygens (including phenoxy) is 1. The van der Waals surface area contributed by atoms with Gasteiger partial charge in [-0.2, -0.15) is 5.10 Å². The molecule has 0 saturated heterocycles. The van der Waals surface area contributed by atoms with Crippen molar-refractivity contribution in [2.24, 2.45) is 5.92 Å². The molecule has 0 bridgehead atoms. The molecule has 2 aromatic carbocycles. The summed E-state index contributed by atoms with van der Waals surface area (Å²) in [5.74, 6) is -0.619. The SMILES string of the molecule is COc1ccc(NC(=O)Cn2cc(NC(=O)C(NC(=O)c3ccccc3Cl)C(C)C)cn2)cc1. The molecule has 0 radical (unpaired) electrons. The summed E-state index contributed by atoms with van der Waals surface area (Å²) in [6, 6.07) is 12.8. The molecule has 0 saturated carbocycles. The molecule has 0 spiro atoms. The van der Waals surface area contributed by atoms with E-state index in [1.807, 2.05) is 13.8 Å². The van der Waals surface area contributed by atoms with Crippen molar-refractivity contribution >= 4 is 40.7 Å². The van der Waals surface area contributed by atoms with Crippen LogP contribution in [0.25, 0.3) is 0 Å². The minimum atomic E-state index is -0.800. The van der Waals surface area contributed by atoms with Gasteiger partial charge >= 0.3 is 0 Å². The maximum absolute atomic E-state index is 12.8. The van der Waals surface area contributed by atoms with Crippen LogP contribution in [0, 0.1) is 5.92 Å². The number of amides is 3. The van der Waals surface area contributed by atoms with Gasteiger partial charge in [-0.05, 0) is 42.3 Å². The van der Waals surface area contributed by atoms with Crippen molar-refractivity contribution in [3.05, 3.63) is 71.5 Å². The number of nitrogens with one attached hydrogen (secondary N) is 3. The van der Waals surface area contributed by atoms with Gasteiger partial charge in [0, 0.05) is 11.9 Å². The lowest BCUT2D eigenvalue weighted by molar-refractivity contribution is -0.119. The summed E-state index contributed by atoms with van der Waals surface area (Å²) in [7, 11) is 1.57. The van der Waals surface area contributed by atoms with Gasteiger partial charge in [-0.3, -0.25) is 19.1 Å². The highest BCUT2D eigenvalue weighted by Crippen LogP contribution is 2.17. The van der Waals surface area contributed by atoms with Crippen LogP contribution in [-0.4, -0.2) is 40.7 Å². The second-order valence-corrected chi connectivity index (χ2v) is 8.27. The van der Waals surface area contributed by atoms with Gasteiger partial charge in [0.15, 0.2) is 0 Å². The Morgan fingerprint density at radius 1 is 1.03 bits per heavy atom. The number of carbonyl (C=O) groups excluding carboxylic acids is 3. The summed E-state index contributed by atoms with van der Waals surface area (Å²) < 4.78 is 6.50. The molecule has 3 amide bonds. The lowest BCUT2D eigenvalue weighted by atomic mass is 10.0. The summed E-state index contributed by atoms with van der Waals surface area (Å²) in [5, 5.41) is 12.7. The molecule has 10 heteroatoms. The average molecular weight is 484 g/mol. The highest BCUT2D eigenvalue weighted by atomic mass is 35.5. The van der Waals surface area contributed by atoms with Gasteiger partial charge in [0.25, 0.3) is 5.91 Å². The van der Waals surface area contributed by atoms with Crippen LogP contribution in [0.3, 0.4) is 0 Å². The molecular formula is C24H26ClN5O4. The fourth-order valence-corrected chi connectivity index (χ4v) is 3.38. The zero-order valence-corrected chi connectivity index (χ0v) is 19.8. The van der Waals surface area contributed by atoms with Crippen LogP contribution in [0.4, 0.5) is 11.4 Å². The first kappa shape index (κ1) is 24.8. The van der Waals surface area contributed by atoms with E-state index in [0.29, 0.717) is 27.7 Å². The molecule has 0 aliphatic heterocycles. The van der Waals surface area contributed by atoms with E-state index in [4.69, 9.17) is 16.3 Å². The molecule has 1 unspecified atom stereocenters. The standard InChI is InChI=1S/C24H26ClN5O4/c1-15(2)22(29-23(32)19-6-4-5-7-20(19)25)24(33)28-17-12-26-30(13-17)14-21(31)27-16-8-10-18(34-3)11-9-16/h4-13,15,22H,14H2,1-3H3,(H,27,31)(H,28,33)(H,29,32). The number of aromatic nitrogens is 2. The molecule has 1 aromatic heterocycles. The molecule has 0 aliphatic carbocycles. The monoisotopic (exact) mass is 483 g/mol. The molecule has 1 atom stereocenters. The number of hydrogen-bond donors (Lipinski definition) is 3. The number of methoxy groups -OCH3 is 1. The summed E-state index contributed by atoms with van der Waals surface area (Å²) in [6.07, 6.45) is 2.98. The quantitative estimate of drug-likeness (QED) is 0.430. The van der Waals surface area contributed by atoms with Gasteiger partial charge in [0.2, 0.25) is 11.8 Å². The van der Waals surface area contributed by atoms with Crippen LogP contribution in [0.5, 0.6) is 5.75 Å². The van der Waals surface area contributed by atoms with Crippen LogP contribution in [0.2, 0.25) is 5.02 Å². The van der Waals surface area contributed by atoms with Crippen LogP contribution < -0.4 is 20.7 Å². The fourth-order valence-electron chi connectivity index (χ4n) is 3.16. The Morgan fingerprint density at radius 3 is 2.38 bits per heavy atom. The van der Waals surface area contributed by atoms with E-state index in [-0.39, 0.29) is 18.4 Å². The highest BCUT2D eigenvalue weighted by Gasteiger charge is 2.26. The van der Waals surface area contributed by atoms with E-state index in [2.05, 4.69) is 21.0 Å². The molecule has 1 heterocycles. The number of nitrogens with zero attached hydrogens (tertiary/aromatic N) is 2. The van der Waals surface area contributed by atoms with Gasteiger partial charge < -0.3 is 20.7 Å². The third-order valence-electron chi connectivity index (χ3n) is 4.93. The first-order chi connectivity index (χ1) is 16.3. The Morgan fingerprint density at radius 2 is 1.74 bits per heavy atom. The highest BCUT2D eigenvalue weighted by molar-refractivity contribution is 6.33. The number of anilines is 2. The predicted octanol–water partition coefficient (Wildman–Crippen LogP) is 3.58. The minimum absolute atomic E-state index is 0.0429. The lowest BCUT2D eigenvalue weighted by Gasteiger charge is -2.21. The van der Waals surface area contributed by atoms with Crippen LogP contribution >= 0.6 is 11.6 Å². The second-order valence-electron chi connectivity index (χ2n) is 7.87. The van der Waals surface area contributed by atoms with Crippen molar-refractivity contribution in [3.8, 4) is 5.75 Å². The molecule has 9 nitrogen and oxygen atoms in total. The Labute approximate surface area is 202 Å². The second kappa shape index (κ2) is 11.3. The Kier molecular flexibility index (Phi) is 8.26. The van der Waals surface area contributed by atoms with Crippen molar-refractivity contribution in [1.82, 2.24) is 15.1 Å². The fraction of sp³-hybridized carbons (Fsp3) is 0.250. The predicted molar refractivity (Wildman–Crippen MR) is 130 cm³/mol. The largest absolute Gasteiger partial charge is 0.497 e. The van der Waals surface area contributed by atoms with Crippen LogP contribution in [0.1, 0.15) is 24.2 Å². The maximum Gasteiger partial charge on any atom is 0.253 e. The first-order valence-corrected chi connectivity index (χ1v) is 11.0. The smallest absolute Gasteiger partial charge is 0.253 e. The number of halogens is 1. The van der Waals surface area contributed by atoms with E-state index < -0.39 is 17.9 Å². The summed E-state index contributed by atoms with van der Waals surface area (Å²) in [6.45, 7) is 3.60. The topological polar surface area (TPSA) is 114 Å². The van der Waals surface area contributed by atoms with E-state index in [9.17, 15) is 14.4 Å². The molecule has 3 rings (SSSR count). The van der Waals surface area contributed by atoms with Gasteiger partial charge in [-0.25, -0.2) is 0 Å². The Hall–Kier alpha value is -3.85. The molecule has 3 aromatic rings. The number of benzene rings is 2. The number of hydrogen-bond acceptors (Lipinski definition) is 5. The molecular weight excluding hydrogens is 458 g/mol. The lowest BCUT2D eigenvalue weighted by Crippen LogP contribution is -2.47. The van der Waals surface area contributed by atoms with Crippen molar-refractivity contribution in [2.45, 2.75) is 26.4 Å². The zero-order chi connectivity index (χ0) is 24.7. The summed E-state index contributed by atoms with van der Waals surface area (Å²) >= 11 is 6.09. The summed E-state index contributed by atoms with van der Waals surface area (Å²) in [4.78, 5) is 37.8. The molecule has 0 fully saturated rings. The normalized spacial score (nSPS) is 11.6.